The molecule has 2 unspecified atom stereocenters. The maximum absolute atomic E-state index is 14.0. The van der Waals surface area contributed by atoms with Gasteiger partial charge in [-0.2, -0.15) is 0 Å². The second-order valence-electron chi connectivity index (χ2n) is 6.64. The van der Waals surface area contributed by atoms with Crippen molar-refractivity contribution in [3.63, 3.8) is 0 Å². The van der Waals surface area contributed by atoms with E-state index >= 15 is 0 Å². The van der Waals surface area contributed by atoms with Crippen LogP contribution in [-0.4, -0.2) is 40.7 Å². The van der Waals surface area contributed by atoms with Crippen LogP contribution in [0, 0.1) is 12.7 Å². The quantitative estimate of drug-likeness (QED) is 0.885. The van der Waals surface area contributed by atoms with E-state index in [1.807, 2.05) is 24.0 Å². The van der Waals surface area contributed by atoms with Crippen molar-refractivity contribution in [2.24, 2.45) is 0 Å². The van der Waals surface area contributed by atoms with Gasteiger partial charge in [-0.05, 0) is 56.1 Å². The van der Waals surface area contributed by atoms with Crippen LogP contribution in [0.15, 0.2) is 36.5 Å². The van der Waals surface area contributed by atoms with Gasteiger partial charge in [0.1, 0.15) is 17.6 Å². The first-order valence-electron chi connectivity index (χ1n) is 8.76. The number of aliphatic carboxylic acids is 1. The first-order valence-corrected chi connectivity index (χ1v) is 8.76. The lowest BCUT2D eigenvalue weighted by molar-refractivity contribution is -0.145. The van der Waals surface area contributed by atoms with E-state index in [0.29, 0.717) is 30.0 Å². The van der Waals surface area contributed by atoms with Gasteiger partial charge in [0.25, 0.3) is 0 Å². The minimum Gasteiger partial charge on any atom is -0.496 e. The van der Waals surface area contributed by atoms with E-state index in [0.717, 1.165) is 18.4 Å². The van der Waals surface area contributed by atoms with E-state index in [9.17, 15) is 14.3 Å². The molecule has 26 heavy (non-hydrogen) atoms. The molecule has 3 rings (SSSR count). The molecule has 1 aromatic carbocycles. The monoisotopic (exact) mass is 358 g/mol. The summed E-state index contributed by atoms with van der Waals surface area (Å²) in [5.74, 6) is -0.729. The molecule has 1 aliphatic rings. The number of carbonyl (C=O) groups is 1. The van der Waals surface area contributed by atoms with E-state index in [4.69, 9.17) is 4.74 Å². The SMILES string of the molecule is COc1ccc(F)cc1C(c1ccc(C)cn1)N1CCCCC1C(=O)O. The molecule has 2 aromatic rings. The Morgan fingerprint density at radius 2 is 2.15 bits per heavy atom. The molecule has 1 fully saturated rings. The highest BCUT2D eigenvalue weighted by Gasteiger charge is 2.37. The molecule has 1 aliphatic heterocycles. The Balaban J connectivity index is 2.15. The maximum atomic E-state index is 14.0. The normalized spacial score (nSPS) is 19.1. The number of pyridine rings is 1. The maximum Gasteiger partial charge on any atom is 0.320 e. The van der Waals surface area contributed by atoms with Gasteiger partial charge in [0, 0.05) is 11.8 Å². The third-order valence-corrected chi connectivity index (χ3v) is 4.86. The summed E-state index contributed by atoms with van der Waals surface area (Å²) in [6.45, 7) is 2.55. The van der Waals surface area contributed by atoms with E-state index in [2.05, 4.69) is 4.98 Å². The summed E-state index contributed by atoms with van der Waals surface area (Å²) < 4.78 is 19.5. The highest BCUT2D eigenvalue weighted by atomic mass is 19.1. The number of nitrogens with zero attached hydrogens (tertiary/aromatic N) is 2. The lowest BCUT2D eigenvalue weighted by Crippen LogP contribution is -2.47. The zero-order valence-corrected chi connectivity index (χ0v) is 15.0. The molecule has 6 heteroatoms. The van der Waals surface area contributed by atoms with E-state index in [1.165, 1.54) is 19.2 Å². The molecule has 1 N–H and O–H groups in total. The molecule has 0 radical (unpaired) electrons. The molecule has 5 nitrogen and oxygen atoms in total. The lowest BCUT2D eigenvalue weighted by atomic mass is 9.93. The van der Waals surface area contributed by atoms with Crippen LogP contribution in [-0.2, 0) is 4.79 Å². The summed E-state index contributed by atoms with van der Waals surface area (Å²) in [6, 6.07) is 7.02. The Bertz CT molecular complexity index is 779. The largest absolute Gasteiger partial charge is 0.496 e. The van der Waals surface area contributed by atoms with Gasteiger partial charge >= 0.3 is 5.97 Å². The molecular formula is C20H23FN2O3. The van der Waals surface area contributed by atoms with Crippen LogP contribution in [0.5, 0.6) is 5.75 Å². The zero-order chi connectivity index (χ0) is 18.7. The number of carboxylic acids is 1. The van der Waals surface area contributed by atoms with Crippen molar-refractivity contribution in [3.05, 3.63) is 59.2 Å². The molecule has 2 atom stereocenters. The summed E-state index contributed by atoms with van der Waals surface area (Å²) in [7, 11) is 1.53. The summed E-state index contributed by atoms with van der Waals surface area (Å²) >= 11 is 0. The summed E-state index contributed by atoms with van der Waals surface area (Å²) in [4.78, 5) is 18.3. The molecule has 0 saturated carbocycles. The Morgan fingerprint density at radius 3 is 2.81 bits per heavy atom. The number of hydrogen-bond donors (Lipinski definition) is 1. The van der Waals surface area contributed by atoms with E-state index in [-0.39, 0.29) is 5.82 Å². The fourth-order valence-electron chi connectivity index (χ4n) is 3.60. The number of benzene rings is 1. The number of carboxylic acid groups (broad SMARTS) is 1. The number of aromatic nitrogens is 1. The molecule has 138 valence electrons. The first kappa shape index (κ1) is 18.3. The van der Waals surface area contributed by atoms with Crippen LogP contribution < -0.4 is 4.74 Å². The fourth-order valence-corrected chi connectivity index (χ4v) is 3.60. The van der Waals surface area contributed by atoms with Crippen molar-refractivity contribution in [1.29, 1.82) is 0 Å². The topological polar surface area (TPSA) is 62.7 Å². The van der Waals surface area contributed by atoms with Gasteiger partial charge in [-0.25, -0.2) is 4.39 Å². The molecule has 0 aliphatic carbocycles. The highest BCUT2D eigenvalue weighted by molar-refractivity contribution is 5.73. The van der Waals surface area contributed by atoms with Crippen LogP contribution in [0.1, 0.15) is 42.1 Å². The van der Waals surface area contributed by atoms with Crippen LogP contribution in [0.4, 0.5) is 4.39 Å². The number of halogens is 1. The molecule has 0 amide bonds. The number of rotatable bonds is 5. The van der Waals surface area contributed by atoms with Gasteiger partial charge in [0.15, 0.2) is 0 Å². The summed E-state index contributed by atoms with van der Waals surface area (Å²) in [5, 5.41) is 9.71. The minimum atomic E-state index is -0.864. The van der Waals surface area contributed by atoms with Crippen molar-refractivity contribution < 1.29 is 19.0 Å². The van der Waals surface area contributed by atoms with Gasteiger partial charge in [0.2, 0.25) is 0 Å². The Morgan fingerprint density at radius 1 is 1.35 bits per heavy atom. The van der Waals surface area contributed by atoms with Crippen molar-refractivity contribution in [3.8, 4) is 5.75 Å². The van der Waals surface area contributed by atoms with Crippen LogP contribution >= 0.6 is 0 Å². The predicted molar refractivity (Wildman–Crippen MR) is 95.7 cm³/mol. The summed E-state index contributed by atoms with van der Waals surface area (Å²) in [6.07, 6.45) is 4.06. The number of piperidine rings is 1. The van der Waals surface area contributed by atoms with Crippen molar-refractivity contribution in [2.75, 3.05) is 13.7 Å². The minimum absolute atomic E-state index is 0.387. The molecule has 1 saturated heterocycles. The average Bonchev–Trinajstić information content (AvgIpc) is 2.64. The second-order valence-corrected chi connectivity index (χ2v) is 6.64. The highest BCUT2D eigenvalue weighted by Crippen LogP contribution is 2.38. The van der Waals surface area contributed by atoms with Crippen LogP contribution in [0.25, 0.3) is 0 Å². The van der Waals surface area contributed by atoms with Crippen LogP contribution in [0.2, 0.25) is 0 Å². The van der Waals surface area contributed by atoms with Crippen molar-refractivity contribution in [1.82, 2.24) is 9.88 Å². The molecule has 2 heterocycles. The average molecular weight is 358 g/mol. The molecule has 1 aromatic heterocycles. The number of aryl methyl sites for hydroxylation is 1. The third-order valence-electron chi connectivity index (χ3n) is 4.86. The third kappa shape index (κ3) is 3.70. The van der Waals surface area contributed by atoms with Gasteiger partial charge in [0.05, 0.1) is 18.8 Å². The fraction of sp³-hybridized carbons (Fsp3) is 0.400. The first-order chi connectivity index (χ1) is 12.5. The molecule has 0 spiro atoms. The summed E-state index contributed by atoms with van der Waals surface area (Å²) in [5.41, 5.74) is 2.29. The number of ether oxygens (including phenoxy) is 1. The van der Waals surface area contributed by atoms with Crippen molar-refractivity contribution in [2.45, 2.75) is 38.3 Å². The van der Waals surface area contributed by atoms with Crippen LogP contribution in [0.3, 0.4) is 0 Å². The van der Waals surface area contributed by atoms with Gasteiger partial charge in [-0.3, -0.25) is 14.7 Å². The molecule has 0 bridgehead atoms. The number of methoxy groups -OCH3 is 1. The standard InChI is InChI=1S/C20H23FN2O3/c1-13-6-8-16(22-12-13)19(15-11-14(21)7-9-18(15)26-2)23-10-4-3-5-17(23)20(24)25/h6-9,11-12,17,19H,3-5,10H2,1-2H3,(H,24,25). The second kappa shape index (κ2) is 7.83. The predicted octanol–water partition coefficient (Wildman–Crippen LogP) is 3.57. The van der Waals surface area contributed by atoms with Crippen molar-refractivity contribution >= 4 is 5.97 Å². The zero-order valence-electron chi connectivity index (χ0n) is 15.0. The van der Waals surface area contributed by atoms with Gasteiger partial charge < -0.3 is 9.84 Å². The van der Waals surface area contributed by atoms with E-state index < -0.39 is 18.1 Å². The Labute approximate surface area is 152 Å². The Hall–Kier alpha value is -2.47. The Kier molecular flexibility index (Phi) is 5.52. The van der Waals surface area contributed by atoms with Gasteiger partial charge in [-0.1, -0.05) is 12.5 Å². The smallest absolute Gasteiger partial charge is 0.320 e. The lowest BCUT2D eigenvalue weighted by Gasteiger charge is -2.39. The number of likely N-dealkylation sites (tertiary alicyclic amines) is 1. The van der Waals surface area contributed by atoms with E-state index in [1.54, 1.807) is 12.3 Å². The van der Waals surface area contributed by atoms with Gasteiger partial charge in [-0.15, -0.1) is 0 Å². The number of hydrogen-bond acceptors (Lipinski definition) is 4. The molecular weight excluding hydrogens is 335 g/mol.